The summed E-state index contributed by atoms with van der Waals surface area (Å²) in [7, 11) is 0. The number of fused-ring (bicyclic) bond motifs is 1. The minimum absolute atomic E-state index is 0.0588. The summed E-state index contributed by atoms with van der Waals surface area (Å²) in [5, 5.41) is 8.15. The number of aromatic nitrogens is 3. The van der Waals surface area contributed by atoms with E-state index < -0.39 is 5.79 Å². The van der Waals surface area contributed by atoms with E-state index in [2.05, 4.69) is 10.3 Å². The van der Waals surface area contributed by atoms with Crippen molar-refractivity contribution < 1.29 is 14.3 Å². The zero-order valence-corrected chi connectivity index (χ0v) is 12.3. The molecule has 0 radical (unpaired) electrons. The summed E-state index contributed by atoms with van der Waals surface area (Å²) in [5.74, 6) is -0.389. The van der Waals surface area contributed by atoms with Crippen LogP contribution in [0, 0.1) is 0 Å². The Labute approximate surface area is 127 Å². The van der Waals surface area contributed by atoms with E-state index >= 15 is 0 Å². The molecule has 3 heterocycles. The van der Waals surface area contributed by atoms with Crippen LogP contribution in [0.3, 0.4) is 0 Å². The third-order valence-corrected chi connectivity index (χ3v) is 4.40. The van der Waals surface area contributed by atoms with Crippen LogP contribution in [-0.2, 0) is 20.8 Å². The Morgan fingerprint density at radius 3 is 2.68 bits per heavy atom. The van der Waals surface area contributed by atoms with Crippen molar-refractivity contribution in [3.8, 4) is 0 Å². The first kappa shape index (κ1) is 13.7. The van der Waals surface area contributed by atoms with E-state index in [1.165, 1.54) is 0 Å². The van der Waals surface area contributed by atoms with Crippen LogP contribution in [0.25, 0.3) is 11.0 Å². The van der Waals surface area contributed by atoms with E-state index in [0.717, 1.165) is 23.9 Å². The molecule has 2 saturated heterocycles. The lowest BCUT2D eigenvalue weighted by Crippen LogP contribution is -2.48. The molecule has 7 heteroatoms. The van der Waals surface area contributed by atoms with Crippen LogP contribution < -0.4 is 0 Å². The Morgan fingerprint density at radius 2 is 1.91 bits per heavy atom. The summed E-state index contributed by atoms with van der Waals surface area (Å²) in [5.41, 5.74) is 1.69. The third kappa shape index (κ3) is 2.36. The van der Waals surface area contributed by atoms with E-state index in [1.54, 1.807) is 4.68 Å². The highest BCUT2D eigenvalue weighted by molar-refractivity contribution is 5.79. The van der Waals surface area contributed by atoms with Gasteiger partial charge in [0.05, 0.1) is 18.7 Å². The fourth-order valence-corrected chi connectivity index (χ4v) is 3.14. The number of carbonyl (C=O) groups is 1. The van der Waals surface area contributed by atoms with Gasteiger partial charge in [0.1, 0.15) is 12.1 Å². The fraction of sp³-hybridized carbons (Fsp3) is 0.533. The predicted octanol–water partition coefficient (Wildman–Crippen LogP) is 0.797. The summed E-state index contributed by atoms with van der Waals surface area (Å²) < 4.78 is 13.0. The number of hydrogen-bond donors (Lipinski definition) is 0. The lowest BCUT2D eigenvalue weighted by Gasteiger charge is -2.37. The molecule has 7 nitrogen and oxygen atoms in total. The topological polar surface area (TPSA) is 69.5 Å². The first-order valence-electron chi connectivity index (χ1n) is 7.60. The summed E-state index contributed by atoms with van der Waals surface area (Å²) in [6.07, 6.45) is 1.47. The van der Waals surface area contributed by atoms with Crippen LogP contribution in [0.5, 0.6) is 0 Å². The Bertz CT molecular complexity index is 683. The van der Waals surface area contributed by atoms with Crippen LogP contribution in [0.15, 0.2) is 24.3 Å². The first-order chi connectivity index (χ1) is 10.8. The van der Waals surface area contributed by atoms with E-state index in [1.807, 2.05) is 29.2 Å². The molecule has 2 aliphatic rings. The molecule has 0 bridgehead atoms. The maximum atomic E-state index is 12.5. The van der Waals surface area contributed by atoms with Crippen LogP contribution in [0.4, 0.5) is 0 Å². The summed E-state index contributed by atoms with van der Waals surface area (Å²) in [6.45, 7) is 2.84. The van der Waals surface area contributed by atoms with Crippen molar-refractivity contribution in [1.29, 1.82) is 0 Å². The van der Waals surface area contributed by atoms with Gasteiger partial charge in [-0.1, -0.05) is 17.3 Å². The second-order valence-electron chi connectivity index (χ2n) is 5.72. The highest BCUT2D eigenvalue weighted by Crippen LogP contribution is 2.31. The van der Waals surface area contributed by atoms with E-state index in [0.29, 0.717) is 26.3 Å². The number of para-hydroxylation sites is 1. The van der Waals surface area contributed by atoms with Crippen molar-refractivity contribution in [3.05, 3.63) is 24.3 Å². The highest BCUT2D eigenvalue weighted by atomic mass is 16.7. The second kappa shape index (κ2) is 5.33. The fourth-order valence-electron chi connectivity index (χ4n) is 3.14. The predicted molar refractivity (Wildman–Crippen MR) is 78.0 cm³/mol. The van der Waals surface area contributed by atoms with Gasteiger partial charge >= 0.3 is 0 Å². The molecule has 2 aliphatic heterocycles. The number of ether oxygens (including phenoxy) is 2. The molecular formula is C15H18N4O3. The van der Waals surface area contributed by atoms with Gasteiger partial charge in [0.15, 0.2) is 5.79 Å². The van der Waals surface area contributed by atoms with Gasteiger partial charge < -0.3 is 14.4 Å². The number of piperidine rings is 1. The molecule has 0 aliphatic carbocycles. The second-order valence-corrected chi connectivity index (χ2v) is 5.72. The van der Waals surface area contributed by atoms with Crippen molar-refractivity contribution in [2.45, 2.75) is 25.2 Å². The average molecular weight is 302 g/mol. The Balaban J connectivity index is 1.42. The maximum Gasteiger partial charge on any atom is 0.244 e. The van der Waals surface area contributed by atoms with Gasteiger partial charge in [-0.3, -0.25) is 4.79 Å². The molecule has 1 aromatic carbocycles. The van der Waals surface area contributed by atoms with E-state index in [4.69, 9.17) is 9.47 Å². The highest BCUT2D eigenvalue weighted by Gasteiger charge is 2.40. The van der Waals surface area contributed by atoms with Crippen LogP contribution in [-0.4, -0.2) is 57.9 Å². The number of nitrogens with zero attached hydrogens (tertiary/aromatic N) is 4. The maximum absolute atomic E-state index is 12.5. The molecule has 1 spiro atoms. The molecule has 0 unspecified atom stereocenters. The molecule has 0 saturated carbocycles. The van der Waals surface area contributed by atoms with Gasteiger partial charge in [-0.05, 0) is 12.1 Å². The number of benzene rings is 1. The molecule has 22 heavy (non-hydrogen) atoms. The first-order valence-corrected chi connectivity index (χ1v) is 7.60. The number of likely N-dealkylation sites (tertiary alicyclic amines) is 1. The Morgan fingerprint density at radius 1 is 1.18 bits per heavy atom. The van der Waals surface area contributed by atoms with E-state index in [9.17, 15) is 4.79 Å². The molecule has 1 aromatic heterocycles. The minimum atomic E-state index is -0.448. The molecule has 0 N–H and O–H groups in total. The van der Waals surface area contributed by atoms with Gasteiger partial charge in [-0.25, -0.2) is 4.68 Å². The van der Waals surface area contributed by atoms with Crippen molar-refractivity contribution in [1.82, 2.24) is 19.9 Å². The molecule has 116 valence electrons. The van der Waals surface area contributed by atoms with Crippen LogP contribution in [0.2, 0.25) is 0 Å². The van der Waals surface area contributed by atoms with Crippen molar-refractivity contribution in [2.75, 3.05) is 26.3 Å². The monoisotopic (exact) mass is 302 g/mol. The lowest BCUT2D eigenvalue weighted by atomic mass is 10.0. The minimum Gasteiger partial charge on any atom is -0.347 e. The molecule has 0 atom stereocenters. The molecule has 4 rings (SSSR count). The molecule has 2 fully saturated rings. The van der Waals surface area contributed by atoms with Crippen molar-refractivity contribution in [3.63, 3.8) is 0 Å². The van der Waals surface area contributed by atoms with Crippen molar-refractivity contribution >= 4 is 16.9 Å². The van der Waals surface area contributed by atoms with Gasteiger partial charge in [-0.2, -0.15) is 0 Å². The number of hydrogen-bond acceptors (Lipinski definition) is 5. The zero-order valence-electron chi connectivity index (χ0n) is 12.3. The lowest BCUT2D eigenvalue weighted by molar-refractivity contribution is -0.187. The molecular weight excluding hydrogens is 284 g/mol. The normalized spacial score (nSPS) is 20.8. The summed E-state index contributed by atoms with van der Waals surface area (Å²) in [6, 6.07) is 7.65. The quantitative estimate of drug-likeness (QED) is 0.820. The molecule has 2 aromatic rings. The van der Waals surface area contributed by atoms with Crippen LogP contribution in [0.1, 0.15) is 12.8 Å². The standard InChI is InChI=1S/C15H18N4O3/c20-14(11-19-13-4-2-1-3-12(13)16-17-19)18-7-5-15(6-8-18)21-9-10-22-15/h1-4H,5-11H2. The Kier molecular flexibility index (Phi) is 3.31. The zero-order chi connectivity index (χ0) is 15.0. The van der Waals surface area contributed by atoms with Gasteiger partial charge in [0.25, 0.3) is 0 Å². The number of amides is 1. The van der Waals surface area contributed by atoms with Gasteiger partial charge in [0, 0.05) is 25.9 Å². The van der Waals surface area contributed by atoms with Crippen molar-refractivity contribution in [2.24, 2.45) is 0 Å². The van der Waals surface area contributed by atoms with Crippen LogP contribution >= 0.6 is 0 Å². The van der Waals surface area contributed by atoms with E-state index in [-0.39, 0.29) is 12.5 Å². The van der Waals surface area contributed by atoms with Gasteiger partial charge in [0.2, 0.25) is 5.91 Å². The number of carbonyl (C=O) groups excluding carboxylic acids is 1. The average Bonchev–Trinajstić information content (AvgIpc) is 3.16. The molecule has 1 amide bonds. The Hall–Kier alpha value is -1.99. The largest absolute Gasteiger partial charge is 0.347 e. The summed E-state index contributed by atoms with van der Waals surface area (Å²) >= 11 is 0. The van der Waals surface area contributed by atoms with Gasteiger partial charge in [-0.15, -0.1) is 5.10 Å². The summed E-state index contributed by atoms with van der Waals surface area (Å²) in [4.78, 5) is 14.3. The SMILES string of the molecule is O=C(Cn1nnc2ccccc21)N1CCC2(CC1)OCCO2. The smallest absolute Gasteiger partial charge is 0.244 e. The third-order valence-electron chi connectivity index (χ3n) is 4.40. The number of rotatable bonds is 2.